The first-order valence-corrected chi connectivity index (χ1v) is 7.26. The van der Waals surface area contributed by atoms with Gasteiger partial charge in [0.25, 0.3) is 5.91 Å². The van der Waals surface area contributed by atoms with E-state index in [-0.39, 0.29) is 0 Å². The van der Waals surface area contributed by atoms with Crippen LogP contribution in [-0.4, -0.2) is 37.8 Å². The monoisotopic (exact) mass is 302 g/mol. The van der Waals surface area contributed by atoms with E-state index in [1.807, 2.05) is 6.92 Å². The summed E-state index contributed by atoms with van der Waals surface area (Å²) in [4.78, 5) is 28.1. The summed E-state index contributed by atoms with van der Waals surface area (Å²) in [5, 5.41) is 16.5. The second-order valence-electron chi connectivity index (χ2n) is 5.81. The number of nitrogens with zero attached hydrogens (tertiary/aromatic N) is 3. The number of carboxylic acids is 1. The first-order valence-electron chi connectivity index (χ1n) is 7.26. The number of aryl methyl sites for hydroxylation is 2. The molecule has 0 aliphatic heterocycles. The number of aliphatic carboxylic acids is 1. The van der Waals surface area contributed by atoms with Crippen LogP contribution < -0.4 is 5.32 Å². The summed E-state index contributed by atoms with van der Waals surface area (Å²) in [6, 6.07) is 0.829. The molecule has 116 valence electrons. The second kappa shape index (κ2) is 5.08. The Labute approximate surface area is 127 Å². The van der Waals surface area contributed by atoms with Crippen LogP contribution in [0.2, 0.25) is 0 Å². The quantitative estimate of drug-likeness (QED) is 0.888. The van der Waals surface area contributed by atoms with Gasteiger partial charge in [-0.2, -0.15) is 5.10 Å². The average Bonchev–Trinajstić information content (AvgIpc) is 3.26. The van der Waals surface area contributed by atoms with Gasteiger partial charge < -0.3 is 10.4 Å². The first kappa shape index (κ1) is 14.5. The molecule has 1 saturated carbocycles. The summed E-state index contributed by atoms with van der Waals surface area (Å²) in [6.07, 6.45) is 2.14. The van der Waals surface area contributed by atoms with Crippen LogP contribution in [0.15, 0.2) is 6.07 Å². The maximum atomic E-state index is 12.5. The molecule has 0 bridgehead atoms. The van der Waals surface area contributed by atoms with Crippen molar-refractivity contribution in [1.29, 1.82) is 0 Å². The van der Waals surface area contributed by atoms with Crippen LogP contribution >= 0.6 is 0 Å². The van der Waals surface area contributed by atoms with Crippen LogP contribution in [0, 0.1) is 6.92 Å². The van der Waals surface area contributed by atoms with Gasteiger partial charge in [-0.25, -0.2) is 4.98 Å². The van der Waals surface area contributed by atoms with Gasteiger partial charge in [0, 0.05) is 18.7 Å². The molecule has 3 rings (SSSR count). The van der Waals surface area contributed by atoms with Gasteiger partial charge in [-0.15, -0.1) is 0 Å². The van der Waals surface area contributed by atoms with Crippen LogP contribution in [0.25, 0.3) is 11.0 Å². The molecule has 1 aliphatic carbocycles. The van der Waals surface area contributed by atoms with Crippen molar-refractivity contribution in [3.05, 3.63) is 23.0 Å². The van der Waals surface area contributed by atoms with Gasteiger partial charge in [0.05, 0.1) is 16.6 Å². The predicted octanol–water partition coefficient (Wildman–Crippen LogP) is 1.36. The Bertz CT molecular complexity index is 777. The molecule has 7 heteroatoms. The summed E-state index contributed by atoms with van der Waals surface area (Å²) >= 11 is 0. The Morgan fingerprint density at radius 3 is 2.73 bits per heavy atom. The molecule has 22 heavy (non-hydrogen) atoms. The third-order valence-electron chi connectivity index (χ3n) is 3.95. The van der Waals surface area contributed by atoms with Crippen LogP contribution in [0.4, 0.5) is 0 Å². The topological polar surface area (TPSA) is 97.1 Å². The zero-order valence-corrected chi connectivity index (χ0v) is 12.8. The number of fused-ring (bicyclic) bond motifs is 1. The van der Waals surface area contributed by atoms with Crippen molar-refractivity contribution < 1.29 is 14.7 Å². The number of rotatable bonds is 4. The van der Waals surface area contributed by atoms with E-state index in [1.54, 1.807) is 17.8 Å². The maximum absolute atomic E-state index is 12.5. The van der Waals surface area contributed by atoms with E-state index in [4.69, 9.17) is 5.11 Å². The highest BCUT2D eigenvalue weighted by Gasteiger charge is 2.29. The SMILES string of the molecule is Cc1nn(C)c2nc(C3CC3)cc(C(=O)N[C@@H](C)C(=O)O)c12. The molecule has 0 saturated heterocycles. The third-order valence-corrected chi connectivity index (χ3v) is 3.95. The van der Waals surface area contributed by atoms with Gasteiger partial charge in [-0.3, -0.25) is 14.3 Å². The number of carbonyl (C=O) groups is 2. The number of hydrogen-bond acceptors (Lipinski definition) is 4. The lowest BCUT2D eigenvalue weighted by atomic mass is 10.1. The van der Waals surface area contributed by atoms with Crippen molar-refractivity contribution in [3.8, 4) is 0 Å². The van der Waals surface area contributed by atoms with E-state index >= 15 is 0 Å². The van der Waals surface area contributed by atoms with Gasteiger partial charge >= 0.3 is 5.97 Å². The number of nitrogens with one attached hydrogen (secondary N) is 1. The van der Waals surface area contributed by atoms with Crippen molar-refractivity contribution in [2.45, 2.75) is 38.6 Å². The number of pyridine rings is 1. The minimum absolute atomic E-state index is 0.392. The van der Waals surface area contributed by atoms with E-state index in [2.05, 4.69) is 15.4 Å². The molecule has 0 spiro atoms. The molecule has 0 aromatic carbocycles. The van der Waals surface area contributed by atoms with Crippen molar-refractivity contribution in [2.24, 2.45) is 7.05 Å². The fourth-order valence-corrected chi connectivity index (χ4v) is 2.57. The molecule has 2 aromatic rings. The molecule has 1 atom stereocenters. The van der Waals surface area contributed by atoms with Gasteiger partial charge in [0.1, 0.15) is 6.04 Å². The second-order valence-corrected chi connectivity index (χ2v) is 5.81. The van der Waals surface area contributed by atoms with Crippen molar-refractivity contribution in [1.82, 2.24) is 20.1 Å². The summed E-state index contributed by atoms with van der Waals surface area (Å²) in [6.45, 7) is 3.26. The Kier molecular flexibility index (Phi) is 3.35. The average molecular weight is 302 g/mol. The third kappa shape index (κ3) is 2.43. The predicted molar refractivity (Wildman–Crippen MR) is 79.8 cm³/mol. The Morgan fingerprint density at radius 2 is 2.14 bits per heavy atom. The van der Waals surface area contributed by atoms with Gasteiger partial charge in [0.2, 0.25) is 0 Å². The molecule has 0 radical (unpaired) electrons. The molecule has 2 N–H and O–H groups in total. The molecular formula is C15H18N4O3. The lowest BCUT2D eigenvalue weighted by Crippen LogP contribution is -2.38. The molecule has 2 aromatic heterocycles. The van der Waals surface area contributed by atoms with Crippen molar-refractivity contribution >= 4 is 22.9 Å². The lowest BCUT2D eigenvalue weighted by Gasteiger charge is -2.11. The number of carbonyl (C=O) groups excluding carboxylic acids is 1. The molecule has 1 fully saturated rings. The summed E-state index contributed by atoms with van der Waals surface area (Å²) in [5.74, 6) is -1.08. The smallest absolute Gasteiger partial charge is 0.325 e. The number of amides is 1. The normalized spacial score (nSPS) is 15.8. The Morgan fingerprint density at radius 1 is 1.45 bits per heavy atom. The van der Waals surface area contributed by atoms with E-state index in [0.29, 0.717) is 28.2 Å². The molecule has 1 aliphatic rings. The fourth-order valence-electron chi connectivity index (χ4n) is 2.57. The van der Waals surface area contributed by atoms with Gasteiger partial charge in [-0.1, -0.05) is 0 Å². The highest BCUT2D eigenvalue weighted by molar-refractivity contribution is 6.07. The molecule has 2 heterocycles. The highest BCUT2D eigenvalue weighted by Crippen LogP contribution is 2.40. The summed E-state index contributed by atoms with van der Waals surface area (Å²) < 4.78 is 1.66. The molecule has 7 nitrogen and oxygen atoms in total. The van der Waals surface area contributed by atoms with Crippen LogP contribution in [0.1, 0.15) is 47.4 Å². The minimum Gasteiger partial charge on any atom is -0.480 e. The van der Waals surface area contributed by atoms with E-state index in [0.717, 1.165) is 18.5 Å². The van der Waals surface area contributed by atoms with Gasteiger partial charge in [-0.05, 0) is 32.8 Å². The summed E-state index contributed by atoms with van der Waals surface area (Å²) in [5.41, 5.74) is 2.70. The largest absolute Gasteiger partial charge is 0.480 e. The standard InChI is InChI=1S/C15H18N4O3/c1-7-12-10(14(20)16-8(2)15(21)22)6-11(9-4-5-9)17-13(12)19(3)18-7/h6,8-9H,4-5H2,1-3H3,(H,16,20)(H,21,22)/t8-/m0/s1. The van der Waals surface area contributed by atoms with Crippen molar-refractivity contribution in [3.63, 3.8) is 0 Å². The summed E-state index contributed by atoms with van der Waals surface area (Å²) in [7, 11) is 1.79. The Balaban J connectivity index is 2.10. The van der Waals surface area contributed by atoms with E-state index in [9.17, 15) is 9.59 Å². The number of carboxylic acid groups (broad SMARTS) is 1. The molecule has 0 unspecified atom stereocenters. The number of hydrogen-bond donors (Lipinski definition) is 2. The van der Waals surface area contributed by atoms with Crippen LogP contribution in [0.3, 0.4) is 0 Å². The zero-order valence-electron chi connectivity index (χ0n) is 12.8. The van der Waals surface area contributed by atoms with Crippen LogP contribution in [0.5, 0.6) is 0 Å². The van der Waals surface area contributed by atoms with E-state index in [1.165, 1.54) is 6.92 Å². The van der Waals surface area contributed by atoms with Crippen LogP contribution in [-0.2, 0) is 11.8 Å². The minimum atomic E-state index is -1.07. The molecule has 1 amide bonds. The Hall–Kier alpha value is -2.44. The lowest BCUT2D eigenvalue weighted by molar-refractivity contribution is -0.138. The fraction of sp³-hybridized carbons (Fsp3) is 0.467. The number of aromatic nitrogens is 3. The highest BCUT2D eigenvalue weighted by atomic mass is 16.4. The zero-order chi connectivity index (χ0) is 16.0. The van der Waals surface area contributed by atoms with Crippen molar-refractivity contribution in [2.75, 3.05) is 0 Å². The maximum Gasteiger partial charge on any atom is 0.325 e. The van der Waals surface area contributed by atoms with E-state index < -0.39 is 17.9 Å². The first-order chi connectivity index (χ1) is 10.4. The molecular weight excluding hydrogens is 284 g/mol. The van der Waals surface area contributed by atoms with Gasteiger partial charge in [0.15, 0.2) is 5.65 Å².